The molecule has 8 heteroatoms. The highest BCUT2D eigenvalue weighted by Gasteiger charge is 2.27. The quantitative estimate of drug-likeness (QED) is 0.546. The molecule has 3 rings (SSSR count). The van der Waals surface area contributed by atoms with Gasteiger partial charge in [0.2, 0.25) is 0 Å². The number of esters is 1. The van der Waals surface area contributed by atoms with E-state index in [0.29, 0.717) is 22.6 Å². The number of ether oxygens (including phenoxy) is 3. The Hall–Kier alpha value is -3.81. The third kappa shape index (κ3) is 5.71. The number of nitrogens with one attached hydrogen (secondary N) is 1. The van der Waals surface area contributed by atoms with E-state index in [4.69, 9.17) is 14.2 Å². The van der Waals surface area contributed by atoms with Crippen LogP contribution < -0.4 is 14.8 Å². The smallest absolute Gasteiger partial charge is 0.360 e. The summed E-state index contributed by atoms with van der Waals surface area (Å²) in [5, 5.41) is 7.29. The number of hydrogen-bond donors (Lipinski definition) is 1. The SMILES string of the molecule is COc1ccc(-c2cn(-c3ccccc3)nc2C(=O)OC(C)C(=O)NC(C)(C)C)cc1OC. The lowest BCUT2D eigenvalue weighted by Crippen LogP contribution is -2.46. The Bertz CT molecular complexity index is 1130. The second kappa shape index (κ2) is 9.77. The molecule has 0 fully saturated rings. The number of carbonyl (C=O) groups excluding carboxylic acids is 2. The molecule has 174 valence electrons. The molecule has 0 aliphatic rings. The monoisotopic (exact) mass is 451 g/mol. The molecule has 0 aliphatic heterocycles. The number of amides is 1. The number of hydrogen-bond acceptors (Lipinski definition) is 6. The normalized spacial score (nSPS) is 12.1. The first-order valence-electron chi connectivity index (χ1n) is 10.5. The van der Waals surface area contributed by atoms with E-state index >= 15 is 0 Å². The number of para-hydroxylation sites is 1. The predicted octanol–water partition coefficient (Wildman–Crippen LogP) is 4.02. The Labute approximate surface area is 193 Å². The summed E-state index contributed by atoms with van der Waals surface area (Å²) in [5.74, 6) is -0.00923. The molecule has 0 saturated heterocycles. The summed E-state index contributed by atoms with van der Waals surface area (Å²) in [6.45, 7) is 7.10. The standard InChI is InChI=1S/C25H29N3O5/c1-16(23(29)26-25(2,3)4)33-24(30)22-19(15-28(27-22)18-10-8-7-9-11-18)17-12-13-20(31-5)21(14-17)32-6/h7-16H,1-6H3,(H,26,29). The van der Waals surface area contributed by atoms with Gasteiger partial charge in [0.25, 0.3) is 5.91 Å². The Kier molecular flexibility index (Phi) is 7.06. The first kappa shape index (κ1) is 23.8. The van der Waals surface area contributed by atoms with Crippen LogP contribution >= 0.6 is 0 Å². The molecule has 0 bridgehead atoms. The molecule has 2 aromatic carbocycles. The van der Waals surface area contributed by atoms with Gasteiger partial charge >= 0.3 is 5.97 Å². The van der Waals surface area contributed by atoms with Gasteiger partial charge in [-0.3, -0.25) is 4.79 Å². The number of benzene rings is 2. The average Bonchev–Trinajstić information content (AvgIpc) is 3.23. The van der Waals surface area contributed by atoms with Crippen LogP contribution in [0.15, 0.2) is 54.7 Å². The van der Waals surface area contributed by atoms with E-state index in [1.807, 2.05) is 51.1 Å². The first-order valence-corrected chi connectivity index (χ1v) is 10.5. The van der Waals surface area contributed by atoms with Crippen molar-refractivity contribution >= 4 is 11.9 Å². The molecule has 0 saturated carbocycles. The van der Waals surface area contributed by atoms with Crippen molar-refractivity contribution in [1.82, 2.24) is 15.1 Å². The van der Waals surface area contributed by atoms with E-state index in [1.54, 1.807) is 43.3 Å². The van der Waals surface area contributed by atoms with Gasteiger partial charge in [0, 0.05) is 17.3 Å². The predicted molar refractivity (Wildman–Crippen MR) is 125 cm³/mol. The van der Waals surface area contributed by atoms with E-state index in [-0.39, 0.29) is 11.6 Å². The lowest BCUT2D eigenvalue weighted by atomic mass is 10.1. The van der Waals surface area contributed by atoms with Crippen molar-refractivity contribution in [2.45, 2.75) is 39.3 Å². The zero-order valence-corrected chi connectivity index (χ0v) is 19.7. The molecule has 1 heterocycles. The third-order valence-electron chi connectivity index (χ3n) is 4.77. The van der Waals surface area contributed by atoms with Crippen LogP contribution in [-0.4, -0.2) is 47.5 Å². The van der Waals surface area contributed by atoms with Crippen molar-refractivity contribution in [3.05, 3.63) is 60.4 Å². The zero-order valence-electron chi connectivity index (χ0n) is 19.7. The van der Waals surface area contributed by atoms with Gasteiger partial charge in [-0.15, -0.1) is 0 Å². The fourth-order valence-electron chi connectivity index (χ4n) is 3.19. The highest BCUT2D eigenvalue weighted by Crippen LogP contribution is 2.34. The van der Waals surface area contributed by atoms with Crippen molar-refractivity contribution in [2.75, 3.05) is 14.2 Å². The van der Waals surface area contributed by atoms with Gasteiger partial charge in [0.15, 0.2) is 23.3 Å². The maximum absolute atomic E-state index is 13.1. The maximum atomic E-state index is 13.1. The first-order chi connectivity index (χ1) is 15.6. The lowest BCUT2D eigenvalue weighted by Gasteiger charge is -2.23. The number of rotatable bonds is 7. The highest BCUT2D eigenvalue weighted by molar-refractivity contribution is 5.97. The van der Waals surface area contributed by atoms with Crippen LogP contribution in [0.3, 0.4) is 0 Å². The van der Waals surface area contributed by atoms with Gasteiger partial charge in [0.05, 0.1) is 19.9 Å². The Morgan fingerprint density at radius 3 is 2.27 bits per heavy atom. The van der Waals surface area contributed by atoms with Crippen molar-refractivity contribution in [2.24, 2.45) is 0 Å². The fourth-order valence-corrected chi connectivity index (χ4v) is 3.19. The fraction of sp³-hybridized carbons (Fsp3) is 0.320. The van der Waals surface area contributed by atoms with Gasteiger partial charge in [0.1, 0.15) is 0 Å². The van der Waals surface area contributed by atoms with Crippen molar-refractivity contribution < 1.29 is 23.8 Å². The second-order valence-corrected chi connectivity index (χ2v) is 8.53. The van der Waals surface area contributed by atoms with Crippen LogP contribution in [0.5, 0.6) is 11.5 Å². The summed E-state index contributed by atoms with van der Waals surface area (Å²) in [7, 11) is 3.09. The maximum Gasteiger partial charge on any atom is 0.360 e. The number of methoxy groups -OCH3 is 2. The second-order valence-electron chi connectivity index (χ2n) is 8.53. The molecule has 8 nitrogen and oxygen atoms in total. The number of aromatic nitrogens is 2. The summed E-state index contributed by atoms with van der Waals surface area (Å²) in [6.07, 6.45) is 0.754. The molecule has 3 aromatic rings. The van der Waals surface area contributed by atoms with E-state index in [2.05, 4.69) is 10.4 Å². The molecule has 1 atom stereocenters. The van der Waals surface area contributed by atoms with Gasteiger partial charge in [-0.05, 0) is 57.5 Å². The third-order valence-corrected chi connectivity index (χ3v) is 4.77. The largest absolute Gasteiger partial charge is 0.493 e. The lowest BCUT2D eigenvalue weighted by molar-refractivity contribution is -0.130. The summed E-state index contributed by atoms with van der Waals surface area (Å²) in [6, 6.07) is 14.7. The minimum absolute atomic E-state index is 0.0847. The van der Waals surface area contributed by atoms with Crippen LogP contribution in [0.2, 0.25) is 0 Å². The Morgan fingerprint density at radius 2 is 1.67 bits per heavy atom. The summed E-state index contributed by atoms with van der Waals surface area (Å²) in [5.41, 5.74) is 1.64. The molecule has 1 aromatic heterocycles. The van der Waals surface area contributed by atoms with E-state index in [1.165, 1.54) is 6.92 Å². The minimum Gasteiger partial charge on any atom is -0.493 e. The topological polar surface area (TPSA) is 91.7 Å². The van der Waals surface area contributed by atoms with E-state index in [9.17, 15) is 9.59 Å². The van der Waals surface area contributed by atoms with Gasteiger partial charge in [-0.2, -0.15) is 5.10 Å². The van der Waals surface area contributed by atoms with E-state index in [0.717, 1.165) is 5.69 Å². The van der Waals surface area contributed by atoms with Crippen molar-refractivity contribution in [3.63, 3.8) is 0 Å². The summed E-state index contributed by atoms with van der Waals surface area (Å²) in [4.78, 5) is 25.5. The van der Waals surface area contributed by atoms with Crippen LogP contribution in [0.25, 0.3) is 16.8 Å². The zero-order chi connectivity index (χ0) is 24.2. The molecule has 0 spiro atoms. The Balaban J connectivity index is 2.00. The van der Waals surface area contributed by atoms with Crippen molar-refractivity contribution in [1.29, 1.82) is 0 Å². The van der Waals surface area contributed by atoms with Crippen molar-refractivity contribution in [3.8, 4) is 28.3 Å². The van der Waals surface area contributed by atoms with E-state index < -0.39 is 17.6 Å². The van der Waals surface area contributed by atoms with Crippen LogP contribution in [0, 0.1) is 0 Å². The van der Waals surface area contributed by atoms with Gasteiger partial charge in [-0.25, -0.2) is 9.48 Å². The highest BCUT2D eigenvalue weighted by atomic mass is 16.5. The minimum atomic E-state index is -0.989. The van der Waals surface area contributed by atoms with Crippen LogP contribution in [-0.2, 0) is 9.53 Å². The number of nitrogens with zero attached hydrogens (tertiary/aromatic N) is 2. The number of carbonyl (C=O) groups is 2. The molecule has 0 aliphatic carbocycles. The Morgan fingerprint density at radius 1 is 1.00 bits per heavy atom. The van der Waals surface area contributed by atoms with Crippen LogP contribution in [0.4, 0.5) is 0 Å². The molecule has 33 heavy (non-hydrogen) atoms. The summed E-state index contributed by atoms with van der Waals surface area (Å²) < 4.78 is 17.8. The molecule has 1 unspecified atom stereocenters. The molecule has 1 amide bonds. The average molecular weight is 452 g/mol. The van der Waals surface area contributed by atoms with Crippen LogP contribution in [0.1, 0.15) is 38.2 Å². The molecular weight excluding hydrogens is 422 g/mol. The molecule has 1 N–H and O–H groups in total. The molecular formula is C25H29N3O5. The molecule has 0 radical (unpaired) electrons. The van der Waals surface area contributed by atoms with Gasteiger partial charge < -0.3 is 19.5 Å². The summed E-state index contributed by atoms with van der Waals surface area (Å²) >= 11 is 0. The van der Waals surface area contributed by atoms with Gasteiger partial charge in [-0.1, -0.05) is 24.3 Å².